The first-order valence-electron chi connectivity index (χ1n) is 5.85. The Balaban J connectivity index is 2.18. The number of hydrogen-bond acceptors (Lipinski definition) is 3. The van der Waals surface area contributed by atoms with E-state index in [0.717, 1.165) is 16.0 Å². The van der Waals surface area contributed by atoms with Crippen LogP contribution in [0.2, 0.25) is 0 Å². The summed E-state index contributed by atoms with van der Waals surface area (Å²) in [6, 6.07) is 14.2. The average molecular weight is 306 g/mol. The molecule has 1 heterocycles. The van der Waals surface area contributed by atoms with Crippen LogP contribution in [-0.4, -0.2) is 11.5 Å². The van der Waals surface area contributed by atoms with Gasteiger partial charge < -0.3 is 11.1 Å². The van der Waals surface area contributed by atoms with Crippen LogP contribution in [0.25, 0.3) is 0 Å². The molecule has 0 aliphatic rings. The molecule has 1 aromatic carbocycles. The number of halogens is 1. The molecule has 0 bridgehead atoms. The van der Waals surface area contributed by atoms with E-state index in [9.17, 15) is 0 Å². The minimum absolute atomic E-state index is 0.0827. The molecule has 0 radical (unpaired) electrons. The van der Waals surface area contributed by atoms with Gasteiger partial charge in [-0.2, -0.15) is 0 Å². The molecule has 0 aliphatic carbocycles. The van der Waals surface area contributed by atoms with E-state index in [1.54, 1.807) is 0 Å². The zero-order valence-electron chi connectivity index (χ0n) is 10.2. The zero-order chi connectivity index (χ0) is 13.0. The van der Waals surface area contributed by atoms with Crippen LogP contribution < -0.4 is 11.1 Å². The molecule has 4 heteroatoms. The highest BCUT2D eigenvalue weighted by Crippen LogP contribution is 2.20. The van der Waals surface area contributed by atoms with E-state index in [-0.39, 0.29) is 6.04 Å². The Kier molecular flexibility index (Phi) is 4.33. The minimum atomic E-state index is 0.0827. The van der Waals surface area contributed by atoms with Gasteiger partial charge in [0.1, 0.15) is 5.82 Å². The number of pyridine rings is 1. The van der Waals surface area contributed by atoms with Crippen LogP contribution in [0.3, 0.4) is 0 Å². The second-order valence-corrected chi connectivity index (χ2v) is 4.96. The van der Waals surface area contributed by atoms with Gasteiger partial charge in [-0.1, -0.05) is 30.3 Å². The quantitative estimate of drug-likeness (QED) is 0.911. The highest BCUT2D eigenvalue weighted by atomic mass is 79.9. The topological polar surface area (TPSA) is 50.9 Å². The summed E-state index contributed by atoms with van der Waals surface area (Å²) in [6.07, 6.45) is 0. The molecule has 18 heavy (non-hydrogen) atoms. The van der Waals surface area contributed by atoms with Crippen LogP contribution in [0.1, 0.15) is 17.3 Å². The van der Waals surface area contributed by atoms with Gasteiger partial charge in [0.2, 0.25) is 0 Å². The average Bonchev–Trinajstić information content (AvgIpc) is 2.41. The van der Waals surface area contributed by atoms with Crippen molar-refractivity contribution in [3.05, 3.63) is 58.2 Å². The van der Waals surface area contributed by atoms with Crippen LogP contribution in [0.5, 0.6) is 0 Å². The lowest BCUT2D eigenvalue weighted by Crippen LogP contribution is -2.21. The van der Waals surface area contributed by atoms with Crippen LogP contribution in [0.4, 0.5) is 5.82 Å². The second kappa shape index (κ2) is 5.98. The van der Waals surface area contributed by atoms with Crippen molar-refractivity contribution in [3.63, 3.8) is 0 Å². The van der Waals surface area contributed by atoms with E-state index < -0.39 is 0 Å². The fourth-order valence-electron chi connectivity index (χ4n) is 1.77. The predicted molar refractivity (Wildman–Crippen MR) is 78.5 cm³/mol. The summed E-state index contributed by atoms with van der Waals surface area (Å²) in [5, 5.41) is 3.36. The predicted octanol–water partition coefficient (Wildman–Crippen LogP) is 3.26. The highest BCUT2D eigenvalue weighted by Gasteiger charge is 2.09. The van der Waals surface area contributed by atoms with E-state index >= 15 is 0 Å². The molecular formula is C14H16BrN3. The lowest BCUT2D eigenvalue weighted by atomic mass is 10.1. The minimum Gasteiger partial charge on any atom is -0.362 e. The van der Waals surface area contributed by atoms with Crippen molar-refractivity contribution in [2.45, 2.75) is 13.0 Å². The summed E-state index contributed by atoms with van der Waals surface area (Å²) in [6.45, 7) is 2.50. The number of anilines is 1. The first kappa shape index (κ1) is 13.1. The van der Waals surface area contributed by atoms with Gasteiger partial charge in [0, 0.05) is 11.0 Å². The molecule has 0 fully saturated rings. The maximum Gasteiger partial charge on any atom is 0.126 e. The zero-order valence-corrected chi connectivity index (χ0v) is 11.8. The first-order valence-corrected chi connectivity index (χ1v) is 6.64. The van der Waals surface area contributed by atoms with Crippen molar-refractivity contribution in [3.8, 4) is 0 Å². The van der Waals surface area contributed by atoms with E-state index in [4.69, 9.17) is 5.73 Å². The maximum absolute atomic E-state index is 5.82. The van der Waals surface area contributed by atoms with E-state index in [2.05, 4.69) is 38.4 Å². The molecule has 2 aromatic rings. The molecule has 1 unspecified atom stereocenters. The molecule has 0 amide bonds. The Morgan fingerprint density at radius 2 is 1.94 bits per heavy atom. The highest BCUT2D eigenvalue weighted by molar-refractivity contribution is 9.10. The number of aromatic nitrogens is 1. The van der Waals surface area contributed by atoms with Gasteiger partial charge in [0.05, 0.1) is 11.7 Å². The molecule has 0 spiro atoms. The molecule has 1 aromatic heterocycles. The van der Waals surface area contributed by atoms with Gasteiger partial charge in [-0.15, -0.1) is 0 Å². The van der Waals surface area contributed by atoms with Crippen molar-refractivity contribution in [2.75, 3.05) is 11.9 Å². The fourth-order valence-corrected chi connectivity index (χ4v) is 1.99. The van der Waals surface area contributed by atoms with Gasteiger partial charge in [-0.25, -0.2) is 4.98 Å². The number of nitrogens with two attached hydrogens (primary N) is 1. The molecule has 0 saturated carbocycles. The van der Waals surface area contributed by atoms with Crippen molar-refractivity contribution in [2.24, 2.45) is 5.73 Å². The number of rotatable bonds is 4. The molecule has 1 atom stereocenters. The second-order valence-electron chi connectivity index (χ2n) is 4.11. The van der Waals surface area contributed by atoms with E-state index in [1.165, 1.54) is 5.56 Å². The van der Waals surface area contributed by atoms with Crippen LogP contribution >= 0.6 is 15.9 Å². The summed E-state index contributed by atoms with van der Waals surface area (Å²) in [5.74, 6) is 0.843. The monoisotopic (exact) mass is 305 g/mol. The molecule has 94 valence electrons. The molecular weight excluding hydrogens is 290 g/mol. The van der Waals surface area contributed by atoms with Crippen LogP contribution in [-0.2, 0) is 0 Å². The Morgan fingerprint density at radius 3 is 2.56 bits per heavy atom. The van der Waals surface area contributed by atoms with Gasteiger partial charge in [-0.05, 0) is 40.5 Å². The van der Waals surface area contributed by atoms with Crippen molar-refractivity contribution in [1.82, 2.24) is 4.98 Å². The summed E-state index contributed by atoms with van der Waals surface area (Å²) in [5.41, 5.74) is 7.95. The molecule has 2 rings (SSSR count). The number of hydrogen-bond donors (Lipinski definition) is 2. The van der Waals surface area contributed by atoms with Gasteiger partial charge in [0.15, 0.2) is 0 Å². The smallest absolute Gasteiger partial charge is 0.126 e. The van der Waals surface area contributed by atoms with Gasteiger partial charge >= 0.3 is 0 Å². The first-order chi connectivity index (χ1) is 8.70. The number of aryl methyl sites for hydroxylation is 1. The number of nitrogens with one attached hydrogen (secondary N) is 1. The summed E-state index contributed by atoms with van der Waals surface area (Å²) < 4.78 is 1.01. The molecule has 3 N–H and O–H groups in total. The lowest BCUT2D eigenvalue weighted by Gasteiger charge is -2.18. The molecule has 0 aliphatic heterocycles. The Labute approximate surface area is 116 Å². The summed E-state index contributed by atoms with van der Waals surface area (Å²) >= 11 is 3.44. The van der Waals surface area contributed by atoms with Crippen molar-refractivity contribution in [1.29, 1.82) is 0 Å². The summed E-state index contributed by atoms with van der Waals surface area (Å²) in [7, 11) is 0. The Hall–Kier alpha value is -1.39. The lowest BCUT2D eigenvalue weighted by molar-refractivity contribution is 0.783. The van der Waals surface area contributed by atoms with E-state index in [1.807, 2.05) is 37.3 Å². The third-order valence-electron chi connectivity index (χ3n) is 2.78. The van der Waals surface area contributed by atoms with Crippen molar-refractivity contribution < 1.29 is 0 Å². The van der Waals surface area contributed by atoms with Crippen LogP contribution in [0, 0.1) is 6.92 Å². The standard InChI is InChI=1S/C14H16BrN3/c1-10-12(15)7-8-14(17-10)18-13(9-16)11-5-3-2-4-6-11/h2-8,13H,9,16H2,1H3,(H,17,18). The van der Waals surface area contributed by atoms with Gasteiger partial charge in [0.25, 0.3) is 0 Å². The molecule has 3 nitrogen and oxygen atoms in total. The number of nitrogens with zero attached hydrogens (tertiary/aromatic N) is 1. The molecule has 0 saturated heterocycles. The van der Waals surface area contributed by atoms with Crippen molar-refractivity contribution >= 4 is 21.7 Å². The third-order valence-corrected chi connectivity index (χ3v) is 3.62. The Morgan fingerprint density at radius 1 is 1.22 bits per heavy atom. The normalized spacial score (nSPS) is 12.2. The SMILES string of the molecule is Cc1nc(NC(CN)c2ccccc2)ccc1Br. The fraction of sp³-hybridized carbons (Fsp3) is 0.214. The van der Waals surface area contributed by atoms with E-state index in [0.29, 0.717) is 6.54 Å². The third kappa shape index (κ3) is 3.09. The summed E-state index contributed by atoms with van der Waals surface area (Å²) in [4.78, 5) is 4.47. The Bertz CT molecular complexity index is 514. The number of benzene rings is 1. The maximum atomic E-state index is 5.82. The largest absolute Gasteiger partial charge is 0.362 e. The van der Waals surface area contributed by atoms with Gasteiger partial charge in [-0.3, -0.25) is 0 Å². The van der Waals surface area contributed by atoms with Crippen LogP contribution in [0.15, 0.2) is 46.9 Å².